The van der Waals surface area contributed by atoms with E-state index < -0.39 is 0 Å². The fourth-order valence-corrected chi connectivity index (χ4v) is 3.64. The number of esters is 1. The van der Waals surface area contributed by atoms with Crippen LogP contribution in [0.25, 0.3) is 10.9 Å². The van der Waals surface area contributed by atoms with Gasteiger partial charge in [-0.3, -0.25) is 4.79 Å². The van der Waals surface area contributed by atoms with Crippen LogP contribution in [0.5, 0.6) is 0 Å². The number of benzene rings is 2. The molecule has 0 spiro atoms. The van der Waals surface area contributed by atoms with E-state index in [1.165, 1.54) is 13.0 Å². The number of carbonyl (C=O) groups is 1. The van der Waals surface area contributed by atoms with Crippen molar-refractivity contribution < 1.29 is 13.9 Å². The molecule has 0 bridgehead atoms. The summed E-state index contributed by atoms with van der Waals surface area (Å²) in [7, 11) is 0. The standard InChI is InChI=1S/C21H21ClFNO2/c1-13(16-4-6-17(22)7-5-16)21-14(2)24(10-11-26-15(3)25)20-9-8-18(23)12-19(20)21/h4-9,12-13H,10-11H2,1-3H3. The van der Waals surface area contributed by atoms with Crippen molar-refractivity contribution in [3.8, 4) is 0 Å². The lowest BCUT2D eigenvalue weighted by Gasteiger charge is -2.14. The first-order valence-electron chi connectivity index (χ1n) is 8.55. The average molecular weight is 374 g/mol. The molecular weight excluding hydrogens is 353 g/mol. The van der Waals surface area contributed by atoms with E-state index in [1.807, 2.05) is 31.2 Å². The number of halogens is 2. The second-order valence-corrected chi connectivity index (χ2v) is 6.86. The number of hydrogen-bond acceptors (Lipinski definition) is 2. The van der Waals surface area contributed by atoms with Crippen LogP contribution in [0.4, 0.5) is 4.39 Å². The van der Waals surface area contributed by atoms with Crippen LogP contribution in [-0.2, 0) is 16.1 Å². The summed E-state index contributed by atoms with van der Waals surface area (Å²) in [6, 6.07) is 12.5. The largest absolute Gasteiger partial charge is 0.464 e. The second kappa shape index (κ2) is 7.50. The van der Waals surface area contributed by atoms with Gasteiger partial charge in [-0.1, -0.05) is 30.7 Å². The quantitative estimate of drug-likeness (QED) is 0.556. The normalized spacial score (nSPS) is 12.3. The lowest BCUT2D eigenvalue weighted by molar-refractivity contribution is -0.141. The molecule has 1 atom stereocenters. The number of hydrogen-bond donors (Lipinski definition) is 0. The molecule has 0 fully saturated rings. The Bertz CT molecular complexity index is 947. The van der Waals surface area contributed by atoms with E-state index in [9.17, 15) is 9.18 Å². The molecule has 2 aromatic carbocycles. The van der Waals surface area contributed by atoms with E-state index in [1.54, 1.807) is 12.1 Å². The Kier molecular flexibility index (Phi) is 5.33. The van der Waals surface area contributed by atoms with Crippen LogP contribution < -0.4 is 0 Å². The molecule has 3 nitrogen and oxygen atoms in total. The molecule has 1 heterocycles. The summed E-state index contributed by atoms with van der Waals surface area (Å²) in [5.41, 5.74) is 4.16. The molecule has 0 saturated heterocycles. The molecule has 3 rings (SSSR count). The Balaban J connectivity index is 2.08. The molecule has 0 amide bonds. The van der Waals surface area contributed by atoms with E-state index in [4.69, 9.17) is 16.3 Å². The monoisotopic (exact) mass is 373 g/mol. The zero-order chi connectivity index (χ0) is 18.8. The molecule has 0 N–H and O–H groups in total. The summed E-state index contributed by atoms with van der Waals surface area (Å²) in [6.07, 6.45) is 0. The van der Waals surface area contributed by atoms with Gasteiger partial charge in [0.25, 0.3) is 0 Å². The van der Waals surface area contributed by atoms with Gasteiger partial charge in [-0.25, -0.2) is 4.39 Å². The van der Waals surface area contributed by atoms with E-state index in [0.29, 0.717) is 11.6 Å². The molecule has 0 aliphatic rings. The molecule has 0 radical (unpaired) electrons. The molecule has 1 unspecified atom stereocenters. The van der Waals surface area contributed by atoms with Gasteiger partial charge in [0.05, 0.1) is 6.54 Å². The van der Waals surface area contributed by atoms with Crippen LogP contribution in [0.15, 0.2) is 42.5 Å². The Morgan fingerprint density at radius 3 is 2.58 bits per heavy atom. The van der Waals surface area contributed by atoms with Crippen LogP contribution in [0.3, 0.4) is 0 Å². The van der Waals surface area contributed by atoms with Crippen LogP contribution >= 0.6 is 11.6 Å². The highest BCUT2D eigenvalue weighted by Gasteiger charge is 2.20. The van der Waals surface area contributed by atoms with Crippen LogP contribution in [0, 0.1) is 12.7 Å². The predicted molar refractivity (Wildman–Crippen MR) is 102 cm³/mol. The Morgan fingerprint density at radius 1 is 1.23 bits per heavy atom. The minimum absolute atomic E-state index is 0.0755. The molecule has 1 aromatic heterocycles. The fraction of sp³-hybridized carbons (Fsp3) is 0.286. The van der Waals surface area contributed by atoms with Crippen molar-refractivity contribution in [1.82, 2.24) is 4.57 Å². The maximum absolute atomic E-state index is 13.9. The fourth-order valence-electron chi connectivity index (χ4n) is 3.51. The smallest absolute Gasteiger partial charge is 0.302 e. The minimum atomic E-state index is -0.306. The van der Waals surface area contributed by atoms with Crippen molar-refractivity contribution in [2.24, 2.45) is 0 Å². The van der Waals surface area contributed by atoms with Gasteiger partial charge >= 0.3 is 5.97 Å². The topological polar surface area (TPSA) is 31.2 Å². The van der Waals surface area contributed by atoms with Gasteiger partial charge in [0.2, 0.25) is 0 Å². The first-order chi connectivity index (χ1) is 12.4. The van der Waals surface area contributed by atoms with Crippen molar-refractivity contribution in [2.45, 2.75) is 33.2 Å². The molecule has 136 valence electrons. The number of aromatic nitrogens is 1. The van der Waals surface area contributed by atoms with Crippen molar-refractivity contribution in [1.29, 1.82) is 0 Å². The van der Waals surface area contributed by atoms with Crippen molar-refractivity contribution in [2.75, 3.05) is 6.61 Å². The molecule has 0 saturated carbocycles. The summed E-state index contributed by atoms with van der Waals surface area (Å²) in [5, 5.41) is 1.57. The van der Waals surface area contributed by atoms with Gasteiger partial charge in [0.1, 0.15) is 12.4 Å². The van der Waals surface area contributed by atoms with E-state index in [0.717, 1.165) is 27.7 Å². The highest BCUT2D eigenvalue weighted by atomic mass is 35.5. The molecule has 5 heteroatoms. The summed E-state index contributed by atoms with van der Waals surface area (Å²) < 4.78 is 21.1. The van der Waals surface area contributed by atoms with Gasteiger partial charge in [0.15, 0.2) is 0 Å². The lowest BCUT2D eigenvalue weighted by atomic mass is 9.91. The Morgan fingerprint density at radius 2 is 1.92 bits per heavy atom. The van der Waals surface area contributed by atoms with E-state index >= 15 is 0 Å². The molecule has 0 aliphatic carbocycles. The summed E-state index contributed by atoms with van der Waals surface area (Å²) >= 11 is 6.00. The number of ether oxygens (including phenoxy) is 1. The molecular formula is C21H21ClFNO2. The predicted octanol–water partition coefficient (Wildman–Crippen LogP) is 5.46. The third kappa shape index (κ3) is 3.61. The summed E-state index contributed by atoms with van der Waals surface area (Å²) in [4.78, 5) is 11.1. The summed E-state index contributed by atoms with van der Waals surface area (Å²) in [6.45, 7) is 6.33. The van der Waals surface area contributed by atoms with Crippen molar-refractivity contribution in [3.63, 3.8) is 0 Å². The highest BCUT2D eigenvalue weighted by molar-refractivity contribution is 6.30. The third-order valence-electron chi connectivity index (χ3n) is 4.76. The molecule has 26 heavy (non-hydrogen) atoms. The number of fused-ring (bicyclic) bond motifs is 1. The van der Waals surface area contributed by atoms with E-state index in [2.05, 4.69) is 11.5 Å². The van der Waals surface area contributed by atoms with Gasteiger partial charge in [-0.05, 0) is 48.4 Å². The minimum Gasteiger partial charge on any atom is -0.464 e. The Labute approximate surface area is 157 Å². The number of nitrogens with zero attached hydrogens (tertiary/aromatic N) is 1. The maximum atomic E-state index is 13.9. The van der Waals surface area contributed by atoms with Crippen LogP contribution in [0.2, 0.25) is 5.02 Å². The molecule has 3 aromatic rings. The number of rotatable bonds is 5. The van der Waals surface area contributed by atoms with E-state index in [-0.39, 0.29) is 24.3 Å². The number of carbonyl (C=O) groups excluding carboxylic acids is 1. The Hall–Kier alpha value is -2.33. The zero-order valence-corrected chi connectivity index (χ0v) is 15.8. The average Bonchev–Trinajstić information content (AvgIpc) is 2.86. The lowest BCUT2D eigenvalue weighted by Crippen LogP contribution is -2.10. The third-order valence-corrected chi connectivity index (χ3v) is 5.01. The summed E-state index contributed by atoms with van der Waals surface area (Å²) in [5.74, 6) is -0.495. The highest BCUT2D eigenvalue weighted by Crippen LogP contribution is 2.36. The van der Waals surface area contributed by atoms with Crippen LogP contribution in [0.1, 0.15) is 36.6 Å². The van der Waals surface area contributed by atoms with Gasteiger partial charge < -0.3 is 9.30 Å². The molecule has 0 aliphatic heterocycles. The maximum Gasteiger partial charge on any atom is 0.302 e. The van der Waals surface area contributed by atoms with Crippen molar-refractivity contribution in [3.05, 3.63) is 70.1 Å². The zero-order valence-electron chi connectivity index (χ0n) is 15.1. The van der Waals surface area contributed by atoms with Crippen molar-refractivity contribution >= 4 is 28.5 Å². The first kappa shape index (κ1) is 18.5. The van der Waals surface area contributed by atoms with Gasteiger partial charge in [0, 0.05) is 34.5 Å². The SMILES string of the molecule is CC(=O)OCCn1c(C)c(C(C)c2ccc(Cl)cc2)c2cc(F)ccc21. The van der Waals surface area contributed by atoms with Gasteiger partial charge in [-0.2, -0.15) is 0 Å². The second-order valence-electron chi connectivity index (χ2n) is 6.43. The van der Waals surface area contributed by atoms with Crippen LogP contribution in [-0.4, -0.2) is 17.1 Å². The van der Waals surface area contributed by atoms with Gasteiger partial charge in [-0.15, -0.1) is 0 Å². The first-order valence-corrected chi connectivity index (χ1v) is 8.93.